The fourth-order valence-electron chi connectivity index (χ4n) is 1.32. The van der Waals surface area contributed by atoms with E-state index in [1.54, 1.807) is 6.08 Å². The van der Waals surface area contributed by atoms with E-state index >= 15 is 0 Å². The summed E-state index contributed by atoms with van der Waals surface area (Å²) in [5, 5.41) is 8.51. The Morgan fingerprint density at radius 2 is 1.89 bits per heavy atom. The monoisotopic (exact) mass is 248 g/mol. The van der Waals surface area contributed by atoms with Gasteiger partial charge in [-0.25, -0.2) is 4.79 Å². The third kappa shape index (κ3) is 6.09. The minimum Gasteiger partial charge on any atom is -0.494 e. The van der Waals surface area contributed by atoms with E-state index in [4.69, 9.17) is 9.84 Å². The molecular weight excluding hydrogens is 228 g/mol. The van der Waals surface area contributed by atoms with E-state index in [0.717, 1.165) is 23.8 Å². The number of carboxylic acid groups (broad SMARTS) is 1. The Morgan fingerprint density at radius 1 is 1.28 bits per heavy atom. The van der Waals surface area contributed by atoms with Crippen molar-refractivity contribution in [3.05, 3.63) is 35.9 Å². The molecule has 0 aromatic heterocycles. The second kappa shape index (κ2) is 6.24. The van der Waals surface area contributed by atoms with Crippen LogP contribution in [0.15, 0.2) is 30.3 Å². The Kier molecular flexibility index (Phi) is 4.95. The molecule has 0 radical (unpaired) electrons. The molecule has 0 fully saturated rings. The first kappa shape index (κ1) is 14.3. The molecule has 0 amide bonds. The Balaban J connectivity index is 2.48. The third-order valence-corrected chi connectivity index (χ3v) is 2.42. The minimum absolute atomic E-state index is 0.268. The van der Waals surface area contributed by atoms with Gasteiger partial charge in [0.15, 0.2) is 0 Å². The summed E-state index contributed by atoms with van der Waals surface area (Å²) >= 11 is 0. The fourth-order valence-corrected chi connectivity index (χ4v) is 1.32. The second-order valence-electron chi connectivity index (χ2n) is 5.40. The molecule has 0 saturated heterocycles. The van der Waals surface area contributed by atoms with E-state index in [0.29, 0.717) is 6.61 Å². The zero-order chi connectivity index (χ0) is 13.6. The second-order valence-corrected chi connectivity index (χ2v) is 5.40. The molecule has 0 bridgehead atoms. The molecule has 0 unspecified atom stereocenters. The number of carboxylic acids is 1. The van der Waals surface area contributed by atoms with Gasteiger partial charge >= 0.3 is 5.97 Å². The van der Waals surface area contributed by atoms with Crippen LogP contribution in [-0.4, -0.2) is 17.7 Å². The normalized spacial score (nSPS) is 11.7. The maximum atomic E-state index is 10.4. The van der Waals surface area contributed by atoms with Crippen LogP contribution in [0, 0.1) is 5.41 Å². The van der Waals surface area contributed by atoms with Crippen molar-refractivity contribution in [2.24, 2.45) is 5.41 Å². The SMILES string of the molecule is CC(C)(C)CCOc1ccc(C=CC(=O)O)cc1. The van der Waals surface area contributed by atoms with E-state index in [1.165, 1.54) is 0 Å². The number of hydrogen-bond donors (Lipinski definition) is 1. The summed E-state index contributed by atoms with van der Waals surface area (Å²) in [5.41, 5.74) is 1.12. The van der Waals surface area contributed by atoms with Gasteiger partial charge in [0.2, 0.25) is 0 Å². The molecular formula is C15H20O3. The lowest BCUT2D eigenvalue weighted by molar-refractivity contribution is -0.131. The van der Waals surface area contributed by atoms with Crippen molar-refractivity contribution in [2.45, 2.75) is 27.2 Å². The first-order chi connectivity index (χ1) is 8.37. The van der Waals surface area contributed by atoms with Crippen LogP contribution in [0.5, 0.6) is 5.75 Å². The van der Waals surface area contributed by atoms with E-state index < -0.39 is 5.97 Å². The van der Waals surface area contributed by atoms with E-state index in [2.05, 4.69) is 20.8 Å². The van der Waals surface area contributed by atoms with Crippen LogP contribution in [0.3, 0.4) is 0 Å². The molecule has 98 valence electrons. The quantitative estimate of drug-likeness (QED) is 0.810. The summed E-state index contributed by atoms with van der Waals surface area (Å²) in [6, 6.07) is 7.38. The maximum absolute atomic E-state index is 10.4. The Labute approximate surface area is 108 Å². The zero-order valence-corrected chi connectivity index (χ0v) is 11.1. The van der Waals surface area contributed by atoms with E-state index in [-0.39, 0.29) is 5.41 Å². The van der Waals surface area contributed by atoms with Gasteiger partial charge in [-0.05, 0) is 35.6 Å². The Bertz CT molecular complexity index is 410. The topological polar surface area (TPSA) is 46.5 Å². The fraction of sp³-hybridized carbons (Fsp3) is 0.400. The standard InChI is InChI=1S/C15H20O3/c1-15(2,3)10-11-18-13-7-4-12(5-8-13)6-9-14(16)17/h4-9H,10-11H2,1-3H3,(H,16,17). The van der Waals surface area contributed by atoms with Crippen LogP contribution in [0.25, 0.3) is 6.08 Å². The van der Waals surface area contributed by atoms with Crippen LogP contribution in [0.1, 0.15) is 32.8 Å². The zero-order valence-electron chi connectivity index (χ0n) is 11.1. The van der Waals surface area contributed by atoms with Gasteiger partial charge in [0.1, 0.15) is 5.75 Å². The average molecular weight is 248 g/mol. The van der Waals surface area contributed by atoms with Crippen molar-refractivity contribution in [3.8, 4) is 5.75 Å². The van der Waals surface area contributed by atoms with Crippen LogP contribution < -0.4 is 4.74 Å². The van der Waals surface area contributed by atoms with Crippen molar-refractivity contribution in [3.63, 3.8) is 0 Å². The first-order valence-electron chi connectivity index (χ1n) is 6.01. The van der Waals surface area contributed by atoms with Gasteiger partial charge in [0.25, 0.3) is 0 Å². The minimum atomic E-state index is -0.944. The molecule has 0 spiro atoms. The molecule has 18 heavy (non-hydrogen) atoms. The molecule has 0 atom stereocenters. The van der Waals surface area contributed by atoms with Gasteiger partial charge in [0, 0.05) is 6.08 Å². The molecule has 3 nitrogen and oxygen atoms in total. The molecule has 0 heterocycles. The van der Waals surface area contributed by atoms with E-state index in [1.807, 2.05) is 24.3 Å². The van der Waals surface area contributed by atoms with Crippen molar-refractivity contribution >= 4 is 12.0 Å². The van der Waals surface area contributed by atoms with Crippen LogP contribution in [0.4, 0.5) is 0 Å². The maximum Gasteiger partial charge on any atom is 0.328 e. The number of hydrogen-bond acceptors (Lipinski definition) is 2. The highest BCUT2D eigenvalue weighted by atomic mass is 16.5. The molecule has 0 aliphatic rings. The lowest BCUT2D eigenvalue weighted by Gasteiger charge is -2.18. The smallest absolute Gasteiger partial charge is 0.328 e. The van der Waals surface area contributed by atoms with Crippen molar-refractivity contribution in [1.82, 2.24) is 0 Å². The molecule has 1 N–H and O–H groups in total. The summed E-state index contributed by atoms with van der Waals surface area (Å²) in [6.45, 7) is 7.22. The number of carbonyl (C=O) groups is 1. The molecule has 0 saturated carbocycles. The number of aliphatic carboxylic acids is 1. The summed E-state index contributed by atoms with van der Waals surface area (Å²) in [4.78, 5) is 10.4. The molecule has 3 heteroatoms. The Hall–Kier alpha value is -1.77. The summed E-state index contributed by atoms with van der Waals surface area (Å²) in [6.07, 6.45) is 3.67. The van der Waals surface area contributed by atoms with Gasteiger partial charge < -0.3 is 9.84 Å². The van der Waals surface area contributed by atoms with Crippen LogP contribution >= 0.6 is 0 Å². The lowest BCUT2D eigenvalue weighted by Crippen LogP contribution is -2.11. The number of rotatable bonds is 5. The predicted molar refractivity (Wildman–Crippen MR) is 72.7 cm³/mol. The summed E-state index contributed by atoms with van der Waals surface area (Å²) in [5.74, 6) is -0.132. The van der Waals surface area contributed by atoms with Gasteiger partial charge in [0.05, 0.1) is 6.61 Å². The van der Waals surface area contributed by atoms with Crippen molar-refractivity contribution in [2.75, 3.05) is 6.61 Å². The highest BCUT2D eigenvalue weighted by Crippen LogP contribution is 2.20. The number of benzene rings is 1. The first-order valence-corrected chi connectivity index (χ1v) is 6.01. The molecule has 1 aromatic carbocycles. The number of ether oxygens (including phenoxy) is 1. The van der Waals surface area contributed by atoms with Crippen molar-refractivity contribution in [1.29, 1.82) is 0 Å². The van der Waals surface area contributed by atoms with Gasteiger partial charge in [-0.2, -0.15) is 0 Å². The average Bonchev–Trinajstić information content (AvgIpc) is 2.26. The van der Waals surface area contributed by atoms with Gasteiger partial charge in [-0.15, -0.1) is 0 Å². The molecule has 1 rings (SSSR count). The molecule has 0 aliphatic carbocycles. The van der Waals surface area contributed by atoms with Crippen molar-refractivity contribution < 1.29 is 14.6 Å². The molecule has 0 aliphatic heterocycles. The summed E-state index contributed by atoms with van der Waals surface area (Å²) < 4.78 is 5.62. The van der Waals surface area contributed by atoms with Crippen LogP contribution in [-0.2, 0) is 4.79 Å². The highest BCUT2D eigenvalue weighted by molar-refractivity contribution is 5.85. The van der Waals surface area contributed by atoms with Gasteiger partial charge in [-0.1, -0.05) is 32.9 Å². The molecule has 1 aromatic rings. The highest BCUT2D eigenvalue weighted by Gasteiger charge is 2.09. The third-order valence-electron chi connectivity index (χ3n) is 2.42. The lowest BCUT2D eigenvalue weighted by atomic mass is 9.93. The van der Waals surface area contributed by atoms with Crippen LogP contribution in [0.2, 0.25) is 0 Å². The van der Waals surface area contributed by atoms with Gasteiger partial charge in [-0.3, -0.25) is 0 Å². The summed E-state index contributed by atoms with van der Waals surface area (Å²) in [7, 11) is 0. The largest absolute Gasteiger partial charge is 0.494 e. The predicted octanol–water partition coefficient (Wildman–Crippen LogP) is 3.60. The van der Waals surface area contributed by atoms with E-state index in [9.17, 15) is 4.79 Å². The Morgan fingerprint density at radius 3 is 2.39 bits per heavy atom.